The van der Waals surface area contributed by atoms with Gasteiger partial charge in [-0.1, -0.05) is 23.2 Å². The van der Waals surface area contributed by atoms with E-state index in [0.29, 0.717) is 48.7 Å². The summed E-state index contributed by atoms with van der Waals surface area (Å²) in [6.45, 7) is 4.85. The second-order valence-corrected chi connectivity index (χ2v) is 6.37. The molecule has 6 nitrogen and oxygen atoms in total. The van der Waals surface area contributed by atoms with Gasteiger partial charge in [-0.05, 0) is 25.1 Å². The van der Waals surface area contributed by atoms with Crippen LogP contribution in [-0.4, -0.2) is 53.6 Å². The largest absolute Gasteiger partial charge is 0.478 e. The number of nitrogens with zero attached hydrogens (tertiary/aromatic N) is 4. The Balaban J connectivity index is 1.67. The SMILES string of the molecule is CCOc1ccc(Cl)c(C(=O)N2CCN(c3ccc(Cl)cn3)CC2)n1. The van der Waals surface area contributed by atoms with Crippen LogP contribution < -0.4 is 9.64 Å². The van der Waals surface area contributed by atoms with Crippen molar-refractivity contribution >= 4 is 34.9 Å². The number of carbonyl (C=O) groups is 1. The molecule has 0 unspecified atom stereocenters. The molecule has 0 radical (unpaired) electrons. The molecule has 132 valence electrons. The van der Waals surface area contributed by atoms with E-state index in [1.54, 1.807) is 23.2 Å². The molecule has 3 rings (SSSR count). The standard InChI is InChI=1S/C17H18Cl2N4O2/c1-2-25-15-6-4-13(19)16(21-15)17(24)23-9-7-22(8-10-23)14-5-3-12(18)11-20-14/h3-6,11H,2,7-10H2,1H3. The third-order valence-corrected chi connectivity index (χ3v) is 4.45. The number of pyridine rings is 2. The fourth-order valence-electron chi connectivity index (χ4n) is 2.65. The van der Waals surface area contributed by atoms with Crippen LogP contribution in [0, 0.1) is 0 Å². The highest BCUT2D eigenvalue weighted by Gasteiger charge is 2.25. The summed E-state index contributed by atoms with van der Waals surface area (Å²) in [6.07, 6.45) is 1.62. The predicted molar refractivity (Wildman–Crippen MR) is 97.8 cm³/mol. The number of rotatable bonds is 4. The Morgan fingerprint density at radius 1 is 1.16 bits per heavy atom. The summed E-state index contributed by atoms with van der Waals surface area (Å²) in [5.74, 6) is 1.07. The first-order valence-corrected chi connectivity index (χ1v) is 8.79. The topological polar surface area (TPSA) is 58.6 Å². The molecule has 2 aromatic heterocycles. The van der Waals surface area contributed by atoms with Crippen LogP contribution in [0.2, 0.25) is 10.0 Å². The summed E-state index contributed by atoms with van der Waals surface area (Å²) in [4.78, 5) is 25.2. The molecule has 8 heteroatoms. The molecule has 0 atom stereocenters. The summed E-state index contributed by atoms with van der Waals surface area (Å²) in [6, 6.07) is 6.99. The molecule has 1 aliphatic rings. The van der Waals surface area contributed by atoms with Gasteiger partial charge in [0.1, 0.15) is 5.82 Å². The quantitative estimate of drug-likeness (QED) is 0.815. The number of piperazine rings is 1. The van der Waals surface area contributed by atoms with Crippen molar-refractivity contribution in [2.24, 2.45) is 0 Å². The third kappa shape index (κ3) is 4.14. The zero-order valence-electron chi connectivity index (χ0n) is 13.8. The molecule has 25 heavy (non-hydrogen) atoms. The van der Waals surface area contributed by atoms with E-state index < -0.39 is 0 Å². The van der Waals surface area contributed by atoms with E-state index in [1.807, 2.05) is 19.1 Å². The van der Waals surface area contributed by atoms with Crippen LogP contribution in [0.5, 0.6) is 5.88 Å². The van der Waals surface area contributed by atoms with Crippen molar-refractivity contribution in [1.82, 2.24) is 14.9 Å². The van der Waals surface area contributed by atoms with Gasteiger partial charge in [0.25, 0.3) is 5.91 Å². The number of amides is 1. The molecule has 0 aliphatic carbocycles. The molecule has 0 saturated carbocycles. The molecular formula is C17H18Cl2N4O2. The lowest BCUT2D eigenvalue weighted by atomic mass is 10.2. The Hall–Kier alpha value is -2.05. The predicted octanol–water partition coefficient (Wildman–Crippen LogP) is 3.14. The maximum absolute atomic E-state index is 12.7. The number of aromatic nitrogens is 2. The monoisotopic (exact) mass is 380 g/mol. The zero-order valence-corrected chi connectivity index (χ0v) is 15.3. The number of anilines is 1. The molecule has 1 amide bonds. The van der Waals surface area contributed by atoms with Gasteiger partial charge in [-0.3, -0.25) is 4.79 Å². The van der Waals surface area contributed by atoms with Gasteiger partial charge < -0.3 is 14.5 Å². The first-order chi connectivity index (χ1) is 12.1. The van der Waals surface area contributed by atoms with Crippen LogP contribution in [0.25, 0.3) is 0 Å². The number of ether oxygens (including phenoxy) is 1. The van der Waals surface area contributed by atoms with Gasteiger partial charge in [-0.25, -0.2) is 9.97 Å². The number of hydrogen-bond acceptors (Lipinski definition) is 5. The lowest BCUT2D eigenvalue weighted by molar-refractivity contribution is 0.0739. The van der Waals surface area contributed by atoms with Crippen LogP contribution >= 0.6 is 23.2 Å². The Morgan fingerprint density at radius 3 is 2.56 bits per heavy atom. The van der Waals surface area contributed by atoms with Crippen LogP contribution in [-0.2, 0) is 0 Å². The Morgan fingerprint density at radius 2 is 1.92 bits per heavy atom. The van der Waals surface area contributed by atoms with Gasteiger partial charge in [0, 0.05) is 38.4 Å². The van der Waals surface area contributed by atoms with Crippen LogP contribution in [0.4, 0.5) is 5.82 Å². The van der Waals surface area contributed by atoms with Gasteiger partial charge >= 0.3 is 0 Å². The third-order valence-electron chi connectivity index (χ3n) is 3.92. The second kappa shape index (κ2) is 7.89. The molecular weight excluding hydrogens is 363 g/mol. The number of carbonyl (C=O) groups excluding carboxylic acids is 1. The summed E-state index contributed by atoms with van der Waals surface area (Å²) in [5.41, 5.74) is 0.227. The molecule has 0 N–H and O–H groups in total. The minimum atomic E-state index is -0.185. The van der Waals surface area contributed by atoms with Gasteiger partial charge in [0.2, 0.25) is 5.88 Å². The van der Waals surface area contributed by atoms with Crippen LogP contribution in [0.15, 0.2) is 30.5 Å². The van der Waals surface area contributed by atoms with E-state index in [0.717, 1.165) is 5.82 Å². The van der Waals surface area contributed by atoms with Gasteiger partial charge in [0.15, 0.2) is 5.69 Å². The van der Waals surface area contributed by atoms with E-state index in [-0.39, 0.29) is 11.6 Å². The molecule has 1 fully saturated rings. The molecule has 0 bridgehead atoms. The van der Waals surface area contributed by atoms with Crippen molar-refractivity contribution in [1.29, 1.82) is 0 Å². The Labute approximate surface area is 156 Å². The highest BCUT2D eigenvalue weighted by Crippen LogP contribution is 2.21. The normalized spacial score (nSPS) is 14.5. The zero-order chi connectivity index (χ0) is 17.8. The maximum Gasteiger partial charge on any atom is 0.274 e. The molecule has 3 heterocycles. The lowest BCUT2D eigenvalue weighted by Crippen LogP contribution is -2.49. The number of halogens is 2. The summed E-state index contributed by atoms with van der Waals surface area (Å²) in [5, 5.41) is 0.933. The average Bonchev–Trinajstić information content (AvgIpc) is 2.64. The van der Waals surface area contributed by atoms with Crippen molar-refractivity contribution in [2.45, 2.75) is 6.92 Å². The van der Waals surface area contributed by atoms with E-state index in [2.05, 4.69) is 14.9 Å². The lowest BCUT2D eigenvalue weighted by Gasteiger charge is -2.35. The summed E-state index contributed by atoms with van der Waals surface area (Å²) < 4.78 is 5.36. The van der Waals surface area contributed by atoms with E-state index >= 15 is 0 Å². The van der Waals surface area contributed by atoms with Crippen molar-refractivity contribution in [2.75, 3.05) is 37.7 Å². The highest BCUT2D eigenvalue weighted by molar-refractivity contribution is 6.33. The van der Waals surface area contributed by atoms with Gasteiger partial charge in [-0.15, -0.1) is 0 Å². The van der Waals surface area contributed by atoms with Crippen molar-refractivity contribution in [3.8, 4) is 5.88 Å². The molecule has 0 spiro atoms. The van der Waals surface area contributed by atoms with Crippen LogP contribution in [0.1, 0.15) is 17.4 Å². The Kier molecular flexibility index (Phi) is 5.60. The van der Waals surface area contributed by atoms with Gasteiger partial charge in [0.05, 0.1) is 16.7 Å². The average molecular weight is 381 g/mol. The van der Waals surface area contributed by atoms with Crippen molar-refractivity contribution in [3.05, 3.63) is 46.2 Å². The van der Waals surface area contributed by atoms with Crippen LogP contribution in [0.3, 0.4) is 0 Å². The first kappa shape index (κ1) is 17.8. The minimum Gasteiger partial charge on any atom is -0.478 e. The smallest absolute Gasteiger partial charge is 0.274 e. The molecule has 1 saturated heterocycles. The molecule has 0 aromatic carbocycles. The first-order valence-electron chi connectivity index (χ1n) is 8.03. The molecule has 2 aromatic rings. The highest BCUT2D eigenvalue weighted by atomic mass is 35.5. The fourth-order valence-corrected chi connectivity index (χ4v) is 2.94. The molecule has 1 aliphatic heterocycles. The van der Waals surface area contributed by atoms with E-state index in [9.17, 15) is 4.79 Å². The van der Waals surface area contributed by atoms with Crippen molar-refractivity contribution in [3.63, 3.8) is 0 Å². The van der Waals surface area contributed by atoms with Crippen molar-refractivity contribution < 1.29 is 9.53 Å². The minimum absolute atomic E-state index is 0.185. The fraction of sp³-hybridized carbons (Fsp3) is 0.353. The number of hydrogen-bond donors (Lipinski definition) is 0. The second-order valence-electron chi connectivity index (χ2n) is 5.53. The van der Waals surface area contributed by atoms with E-state index in [1.165, 1.54) is 0 Å². The van der Waals surface area contributed by atoms with E-state index in [4.69, 9.17) is 27.9 Å². The Bertz CT molecular complexity index is 747. The summed E-state index contributed by atoms with van der Waals surface area (Å²) >= 11 is 12.0. The van der Waals surface area contributed by atoms with Gasteiger partial charge in [-0.2, -0.15) is 0 Å². The maximum atomic E-state index is 12.7. The summed E-state index contributed by atoms with van der Waals surface area (Å²) in [7, 11) is 0.